The van der Waals surface area contributed by atoms with E-state index in [2.05, 4.69) is 12.2 Å². The van der Waals surface area contributed by atoms with Crippen LogP contribution in [0, 0.1) is 12.8 Å². The van der Waals surface area contributed by atoms with Gasteiger partial charge in [-0.2, -0.15) is 0 Å². The predicted molar refractivity (Wildman–Crippen MR) is 139 cm³/mol. The van der Waals surface area contributed by atoms with Crippen molar-refractivity contribution in [2.24, 2.45) is 5.92 Å². The molecule has 0 radical (unpaired) electrons. The predicted octanol–water partition coefficient (Wildman–Crippen LogP) is 5.55. The van der Waals surface area contributed by atoms with Gasteiger partial charge in [-0.15, -0.1) is 11.3 Å². The van der Waals surface area contributed by atoms with E-state index in [1.165, 1.54) is 11.3 Å². The van der Waals surface area contributed by atoms with E-state index in [9.17, 15) is 14.4 Å². The van der Waals surface area contributed by atoms with Crippen LogP contribution in [0.2, 0.25) is 0 Å². The first-order valence-corrected chi connectivity index (χ1v) is 13.5. The number of nitrogens with one attached hydrogen (secondary N) is 1. The fourth-order valence-corrected chi connectivity index (χ4v) is 6.20. The molecule has 1 aliphatic heterocycles. The molecule has 1 N–H and O–H groups in total. The molecule has 1 aromatic heterocycles. The largest absolute Gasteiger partial charge is 0.465 e. The molecule has 0 saturated carbocycles. The van der Waals surface area contributed by atoms with E-state index in [1.807, 2.05) is 48.7 Å². The number of thiophene rings is 1. The summed E-state index contributed by atoms with van der Waals surface area (Å²) in [6.07, 6.45) is 1.95. The van der Waals surface area contributed by atoms with E-state index in [1.54, 1.807) is 13.8 Å². The normalized spacial score (nSPS) is 21.7. The molecule has 0 unspecified atom stereocenters. The number of rotatable bonds is 8. The molecule has 0 bridgehead atoms. The third-order valence-electron chi connectivity index (χ3n) is 6.85. The van der Waals surface area contributed by atoms with Crippen molar-refractivity contribution in [3.05, 3.63) is 80.3 Å². The third-order valence-corrected chi connectivity index (χ3v) is 7.85. The molecule has 0 amide bonds. The Morgan fingerprint density at radius 1 is 1.06 bits per heavy atom. The van der Waals surface area contributed by atoms with Gasteiger partial charge in [-0.05, 0) is 56.2 Å². The lowest BCUT2D eigenvalue weighted by Crippen LogP contribution is -2.43. The maximum Gasteiger partial charge on any atom is 0.336 e. The minimum absolute atomic E-state index is 0.194. The molecule has 0 fully saturated rings. The van der Waals surface area contributed by atoms with Crippen LogP contribution in [0.4, 0.5) is 0 Å². The van der Waals surface area contributed by atoms with E-state index >= 15 is 0 Å². The summed E-state index contributed by atoms with van der Waals surface area (Å²) in [6.45, 7) is 7.97. The lowest BCUT2D eigenvalue weighted by molar-refractivity contribution is -0.152. The summed E-state index contributed by atoms with van der Waals surface area (Å²) in [4.78, 5) is 41.9. The highest BCUT2D eigenvalue weighted by molar-refractivity contribution is 7.10. The summed E-state index contributed by atoms with van der Waals surface area (Å²) in [5.41, 5.74) is 4.33. The maximum absolute atomic E-state index is 14.3. The number of ether oxygens (including phenoxy) is 2. The molecule has 36 heavy (non-hydrogen) atoms. The molecular weight excluding hydrogens is 474 g/mol. The zero-order valence-corrected chi connectivity index (χ0v) is 22.1. The highest BCUT2D eigenvalue weighted by Crippen LogP contribution is 2.49. The lowest BCUT2D eigenvalue weighted by atomic mass is 9.67. The number of Topliss-reactive ketones (excluding diaryl/α,β-unsaturated/α-hetero) is 1. The molecule has 2 aromatic rings. The van der Waals surface area contributed by atoms with Crippen molar-refractivity contribution in [1.82, 2.24) is 5.32 Å². The van der Waals surface area contributed by atoms with Crippen molar-refractivity contribution < 1.29 is 23.9 Å². The molecule has 4 rings (SSSR count). The average molecular weight is 508 g/mol. The molecule has 1 aromatic carbocycles. The van der Waals surface area contributed by atoms with E-state index < -0.39 is 23.8 Å². The second-order valence-electron chi connectivity index (χ2n) is 9.09. The molecule has 1 aliphatic carbocycles. The third kappa shape index (κ3) is 4.76. The van der Waals surface area contributed by atoms with E-state index in [0.717, 1.165) is 33.8 Å². The van der Waals surface area contributed by atoms with Crippen molar-refractivity contribution in [2.45, 2.75) is 58.8 Å². The Morgan fingerprint density at radius 3 is 2.44 bits per heavy atom. The van der Waals surface area contributed by atoms with Gasteiger partial charge in [0.25, 0.3) is 0 Å². The van der Waals surface area contributed by atoms with Crippen LogP contribution in [-0.4, -0.2) is 30.9 Å². The molecular formula is C29H33NO5S. The van der Waals surface area contributed by atoms with Crippen molar-refractivity contribution in [1.29, 1.82) is 0 Å². The quantitative estimate of drug-likeness (QED) is 0.373. The molecule has 2 aliphatic rings. The van der Waals surface area contributed by atoms with Crippen LogP contribution in [0.3, 0.4) is 0 Å². The van der Waals surface area contributed by atoms with Gasteiger partial charge in [-0.3, -0.25) is 9.59 Å². The first-order chi connectivity index (χ1) is 17.4. The number of allylic oxidation sites excluding steroid dienone is 3. The summed E-state index contributed by atoms with van der Waals surface area (Å²) in [6, 6.07) is 11.7. The molecule has 7 heteroatoms. The average Bonchev–Trinajstić information content (AvgIpc) is 3.39. The van der Waals surface area contributed by atoms with Gasteiger partial charge < -0.3 is 14.8 Å². The fourth-order valence-electron chi connectivity index (χ4n) is 5.34. The van der Waals surface area contributed by atoms with Gasteiger partial charge in [0.05, 0.1) is 18.8 Å². The van der Waals surface area contributed by atoms with Gasteiger partial charge >= 0.3 is 11.9 Å². The minimum Gasteiger partial charge on any atom is -0.465 e. The van der Waals surface area contributed by atoms with Gasteiger partial charge in [0, 0.05) is 33.7 Å². The van der Waals surface area contributed by atoms with Crippen molar-refractivity contribution in [3.8, 4) is 0 Å². The minimum atomic E-state index is -0.966. The van der Waals surface area contributed by atoms with E-state index in [0.29, 0.717) is 24.0 Å². The zero-order valence-electron chi connectivity index (χ0n) is 21.3. The number of ketones is 1. The summed E-state index contributed by atoms with van der Waals surface area (Å²) in [5.74, 6) is -3.15. The SMILES string of the molecule is CCCC1=C(C(=O)OCC)[C@H](c2ccccc2C)C2=C(C[C@H](c3cccs3)[C@@H](C(=O)OCC)C2=O)N1. The molecule has 0 saturated heterocycles. The van der Waals surface area contributed by atoms with Crippen LogP contribution >= 0.6 is 11.3 Å². The van der Waals surface area contributed by atoms with Crippen LogP contribution in [0.25, 0.3) is 0 Å². The molecule has 0 spiro atoms. The Kier molecular flexibility index (Phi) is 8.09. The lowest BCUT2D eigenvalue weighted by Gasteiger charge is -2.40. The molecule has 6 nitrogen and oxygen atoms in total. The fraction of sp³-hybridized carbons (Fsp3) is 0.414. The second kappa shape index (κ2) is 11.2. The Hall–Kier alpha value is -3.19. The van der Waals surface area contributed by atoms with Crippen molar-refractivity contribution >= 4 is 29.1 Å². The van der Waals surface area contributed by atoms with Crippen LogP contribution in [-0.2, 0) is 23.9 Å². The standard InChI is InChI=1S/C29H33NO5S/c1-5-11-20-26(29(33)35-7-3)23(18-13-9-8-12-17(18)4)25-21(30-20)16-19(22-14-10-15-36-22)24(27(25)31)28(32)34-6-2/h8-10,12-15,19,23-24,30H,5-7,11,16H2,1-4H3/t19-,23-,24-/m1/s1. The van der Waals surface area contributed by atoms with Crippen LogP contribution in [0.5, 0.6) is 0 Å². The van der Waals surface area contributed by atoms with E-state index in [4.69, 9.17) is 9.47 Å². The molecule has 190 valence electrons. The second-order valence-corrected chi connectivity index (χ2v) is 10.1. The summed E-state index contributed by atoms with van der Waals surface area (Å²) in [7, 11) is 0. The highest BCUT2D eigenvalue weighted by atomic mass is 32.1. The number of carbonyl (C=O) groups is 3. The number of hydrogen-bond donors (Lipinski definition) is 1. The number of dihydropyridines is 1. The molecule has 3 atom stereocenters. The van der Waals surface area contributed by atoms with Crippen LogP contribution in [0.1, 0.15) is 67.9 Å². The number of aryl methyl sites for hydroxylation is 1. The van der Waals surface area contributed by atoms with Crippen LogP contribution in [0.15, 0.2) is 64.3 Å². The maximum atomic E-state index is 14.3. The van der Waals surface area contributed by atoms with Gasteiger partial charge in [-0.1, -0.05) is 43.7 Å². The van der Waals surface area contributed by atoms with Crippen molar-refractivity contribution in [3.63, 3.8) is 0 Å². The number of carbonyl (C=O) groups excluding carboxylic acids is 3. The number of hydrogen-bond acceptors (Lipinski definition) is 7. The smallest absolute Gasteiger partial charge is 0.336 e. The molecule has 2 heterocycles. The topological polar surface area (TPSA) is 81.7 Å². The van der Waals surface area contributed by atoms with Crippen molar-refractivity contribution in [2.75, 3.05) is 13.2 Å². The number of benzene rings is 1. The first kappa shape index (κ1) is 25.9. The van der Waals surface area contributed by atoms with Gasteiger partial charge in [0.1, 0.15) is 5.92 Å². The summed E-state index contributed by atoms with van der Waals surface area (Å²) >= 11 is 1.54. The summed E-state index contributed by atoms with van der Waals surface area (Å²) in [5, 5.41) is 5.42. The van der Waals surface area contributed by atoms with Crippen LogP contribution < -0.4 is 5.32 Å². The highest BCUT2D eigenvalue weighted by Gasteiger charge is 2.49. The first-order valence-electron chi connectivity index (χ1n) is 12.6. The monoisotopic (exact) mass is 507 g/mol. The summed E-state index contributed by atoms with van der Waals surface area (Å²) < 4.78 is 10.9. The Morgan fingerprint density at radius 2 is 1.81 bits per heavy atom. The van der Waals surface area contributed by atoms with Gasteiger partial charge in [0.15, 0.2) is 5.78 Å². The van der Waals surface area contributed by atoms with Gasteiger partial charge in [-0.25, -0.2) is 4.79 Å². The number of esters is 2. The Bertz CT molecular complexity index is 1210. The Labute approximate surface area is 216 Å². The Balaban J connectivity index is 1.94. The van der Waals surface area contributed by atoms with E-state index in [-0.39, 0.29) is 24.9 Å². The van der Waals surface area contributed by atoms with Gasteiger partial charge in [0.2, 0.25) is 0 Å². The zero-order chi connectivity index (χ0) is 25.8.